The molecule has 4 nitrogen and oxygen atoms in total. The summed E-state index contributed by atoms with van der Waals surface area (Å²) in [6.07, 6.45) is 3.32. The number of nitrogens with zero attached hydrogens (tertiary/aromatic N) is 3. The summed E-state index contributed by atoms with van der Waals surface area (Å²) in [6.45, 7) is 0.842. The van der Waals surface area contributed by atoms with Crippen LogP contribution in [0.4, 0.5) is 0 Å². The zero-order valence-electron chi connectivity index (χ0n) is 12.0. The van der Waals surface area contributed by atoms with E-state index in [9.17, 15) is 0 Å². The van der Waals surface area contributed by atoms with E-state index in [-0.39, 0.29) is 0 Å². The lowest BCUT2D eigenvalue weighted by molar-refractivity contribution is 0.558. The topological polar surface area (TPSA) is 53.6 Å². The predicted octanol–water partition coefficient (Wildman–Crippen LogP) is 2.55. The van der Waals surface area contributed by atoms with Crippen LogP contribution in [0.5, 0.6) is 0 Å². The first-order chi connectivity index (χ1) is 10.3. The fourth-order valence-corrected chi connectivity index (χ4v) is 3.75. The number of benzene rings is 1. The lowest BCUT2D eigenvalue weighted by Gasteiger charge is -2.10. The van der Waals surface area contributed by atoms with Crippen LogP contribution in [-0.2, 0) is 13.6 Å². The highest BCUT2D eigenvalue weighted by Crippen LogP contribution is 2.23. The van der Waals surface area contributed by atoms with E-state index < -0.39 is 0 Å². The average molecular weight is 298 g/mol. The van der Waals surface area contributed by atoms with Crippen LogP contribution in [0.1, 0.15) is 17.5 Å². The molecular formula is C16H18N4S. The molecule has 1 fully saturated rings. The lowest BCUT2D eigenvalue weighted by Crippen LogP contribution is -2.28. The molecule has 108 valence electrons. The fraction of sp³-hybridized carbons (Fsp3) is 0.375. The van der Waals surface area contributed by atoms with Gasteiger partial charge in [0.25, 0.3) is 0 Å². The van der Waals surface area contributed by atoms with Crippen LogP contribution < -0.4 is 5.32 Å². The Morgan fingerprint density at radius 3 is 2.90 bits per heavy atom. The molecule has 0 amide bonds. The van der Waals surface area contributed by atoms with Crippen molar-refractivity contribution in [3.63, 3.8) is 0 Å². The third-order valence-electron chi connectivity index (χ3n) is 3.70. The summed E-state index contributed by atoms with van der Waals surface area (Å²) < 4.78 is 1.86. The van der Waals surface area contributed by atoms with Crippen LogP contribution in [0.2, 0.25) is 0 Å². The van der Waals surface area contributed by atoms with Crippen LogP contribution in [0, 0.1) is 11.3 Å². The van der Waals surface area contributed by atoms with Crippen molar-refractivity contribution in [1.82, 2.24) is 15.1 Å². The molecule has 2 heterocycles. The smallest absolute Gasteiger partial charge is 0.0991 e. The second-order valence-electron chi connectivity index (χ2n) is 5.31. The molecule has 1 aromatic carbocycles. The average Bonchev–Trinajstić information content (AvgIpc) is 3.14. The van der Waals surface area contributed by atoms with Gasteiger partial charge in [-0.15, -0.1) is 0 Å². The molecule has 0 aliphatic carbocycles. The number of aryl methyl sites for hydroxylation is 1. The molecule has 1 saturated heterocycles. The quantitative estimate of drug-likeness (QED) is 0.942. The van der Waals surface area contributed by atoms with Gasteiger partial charge in [-0.05, 0) is 24.3 Å². The molecule has 1 atom stereocenters. The van der Waals surface area contributed by atoms with Crippen molar-refractivity contribution in [1.29, 1.82) is 5.26 Å². The lowest BCUT2D eigenvalue weighted by atomic mass is 10.1. The minimum atomic E-state index is 0.615. The van der Waals surface area contributed by atoms with Crippen molar-refractivity contribution in [2.45, 2.75) is 19.0 Å². The second-order valence-corrected chi connectivity index (χ2v) is 6.46. The minimum Gasteiger partial charge on any atom is -0.309 e. The van der Waals surface area contributed by atoms with E-state index in [1.54, 1.807) is 0 Å². The Kier molecular flexibility index (Phi) is 4.28. The van der Waals surface area contributed by atoms with Gasteiger partial charge in [0, 0.05) is 42.7 Å². The Balaban J connectivity index is 1.79. The molecule has 0 bridgehead atoms. The molecule has 1 aliphatic rings. The highest BCUT2D eigenvalue weighted by molar-refractivity contribution is 7.99. The first-order valence-corrected chi connectivity index (χ1v) is 8.26. The van der Waals surface area contributed by atoms with Crippen LogP contribution in [0.15, 0.2) is 30.5 Å². The monoisotopic (exact) mass is 298 g/mol. The first-order valence-electron chi connectivity index (χ1n) is 7.10. The fourth-order valence-electron chi connectivity index (χ4n) is 2.56. The van der Waals surface area contributed by atoms with Crippen LogP contribution in [0.3, 0.4) is 0 Å². The zero-order valence-corrected chi connectivity index (χ0v) is 12.9. The molecule has 0 saturated carbocycles. The van der Waals surface area contributed by atoms with Crippen molar-refractivity contribution in [2.75, 3.05) is 11.5 Å². The van der Waals surface area contributed by atoms with Gasteiger partial charge in [0.2, 0.25) is 0 Å². The number of aromatic nitrogens is 2. The maximum Gasteiger partial charge on any atom is 0.0991 e. The summed E-state index contributed by atoms with van der Waals surface area (Å²) in [5.74, 6) is 2.46. The number of nitrogens with one attached hydrogen (secondary N) is 1. The van der Waals surface area contributed by atoms with Crippen LogP contribution in [-0.4, -0.2) is 27.3 Å². The van der Waals surface area contributed by atoms with E-state index in [1.165, 1.54) is 23.5 Å². The van der Waals surface area contributed by atoms with Gasteiger partial charge in [0.05, 0.1) is 17.3 Å². The first kappa shape index (κ1) is 14.2. The van der Waals surface area contributed by atoms with Crippen molar-refractivity contribution >= 4 is 11.8 Å². The molecule has 21 heavy (non-hydrogen) atoms. The standard InChI is InChI=1S/C16H18N4S/c1-20-10-14(9-18-15-6-7-21-11-15)16(19-20)13-4-2-12(8-17)3-5-13/h2-5,10,15,18H,6-7,9,11H2,1H3/t15-/m1/s1. The van der Waals surface area contributed by atoms with E-state index in [2.05, 4.69) is 22.7 Å². The molecule has 1 aromatic heterocycles. The van der Waals surface area contributed by atoms with Gasteiger partial charge in [0.1, 0.15) is 0 Å². The third-order valence-corrected chi connectivity index (χ3v) is 4.87. The number of nitriles is 1. The largest absolute Gasteiger partial charge is 0.309 e. The van der Waals surface area contributed by atoms with Crippen LogP contribution >= 0.6 is 11.8 Å². The van der Waals surface area contributed by atoms with Crippen molar-refractivity contribution in [3.05, 3.63) is 41.6 Å². The van der Waals surface area contributed by atoms with E-state index >= 15 is 0 Å². The molecule has 1 N–H and O–H groups in total. The number of hydrogen-bond acceptors (Lipinski definition) is 4. The Labute approximate surface area is 129 Å². The van der Waals surface area contributed by atoms with E-state index in [0.29, 0.717) is 11.6 Å². The van der Waals surface area contributed by atoms with Gasteiger partial charge >= 0.3 is 0 Å². The van der Waals surface area contributed by atoms with Crippen LogP contribution in [0.25, 0.3) is 11.3 Å². The summed E-state index contributed by atoms with van der Waals surface area (Å²) in [6, 6.07) is 10.4. The normalized spacial score (nSPS) is 17.8. The zero-order chi connectivity index (χ0) is 14.7. The number of rotatable bonds is 4. The van der Waals surface area contributed by atoms with Crippen molar-refractivity contribution in [2.24, 2.45) is 7.05 Å². The van der Waals surface area contributed by atoms with Gasteiger partial charge in [-0.3, -0.25) is 4.68 Å². The van der Waals surface area contributed by atoms with E-state index in [1.807, 2.05) is 47.8 Å². The predicted molar refractivity (Wildman–Crippen MR) is 85.9 cm³/mol. The molecule has 2 aromatic rings. The highest BCUT2D eigenvalue weighted by atomic mass is 32.2. The Morgan fingerprint density at radius 1 is 1.43 bits per heavy atom. The molecular weight excluding hydrogens is 280 g/mol. The van der Waals surface area contributed by atoms with Gasteiger partial charge in [-0.25, -0.2) is 0 Å². The Bertz CT molecular complexity index is 648. The van der Waals surface area contributed by atoms with Gasteiger partial charge in [0.15, 0.2) is 0 Å². The molecule has 0 unspecified atom stereocenters. The summed E-state index contributed by atoms with van der Waals surface area (Å²) in [7, 11) is 1.95. The third kappa shape index (κ3) is 3.29. The maximum atomic E-state index is 8.88. The molecule has 0 radical (unpaired) electrons. The number of hydrogen-bond donors (Lipinski definition) is 1. The Morgan fingerprint density at radius 2 is 2.24 bits per heavy atom. The van der Waals surface area contributed by atoms with Gasteiger partial charge in [-0.1, -0.05) is 12.1 Å². The van der Waals surface area contributed by atoms with Crippen molar-refractivity contribution < 1.29 is 0 Å². The SMILES string of the molecule is Cn1cc(CN[C@@H]2CCSC2)c(-c2ccc(C#N)cc2)n1. The molecule has 1 aliphatic heterocycles. The number of thioether (sulfide) groups is 1. The molecule has 5 heteroatoms. The van der Waals surface area contributed by atoms with E-state index in [0.717, 1.165) is 17.8 Å². The van der Waals surface area contributed by atoms with Gasteiger partial charge in [-0.2, -0.15) is 22.1 Å². The highest BCUT2D eigenvalue weighted by Gasteiger charge is 2.16. The summed E-state index contributed by atoms with van der Waals surface area (Å²) in [5.41, 5.74) is 3.95. The van der Waals surface area contributed by atoms with E-state index in [4.69, 9.17) is 5.26 Å². The minimum absolute atomic E-state index is 0.615. The molecule has 3 rings (SSSR count). The second kappa shape index (κ2) is 6.33. The summed E-state index contributed by atoms with van der Waals surface area (Å²) >= 11 is 2.01. The van der Waals surface area contributed by atoms with Crippen molar-refractivity contribution in [3.8, 4) is 17.3 Å². The summed E-state index contributed by atoms with van der Waals surface area (Å²) in [5, 5.41) is 17.1. The summed E-state index contributed by atoms with van der Waals surface area (Å²) in [4.78, 5) is 0. The molecule has 0 spiro atoms. The Hall–Kier alpha value is -1.77. The maximum absolute atomic E-state index is 8.88. The van der Waals surface area contributed by atoms with Gasteiger partial charge < -0.3 is 5.32 Å².